The van der Waals surface area contributed by atoms with E-state index in [0.29, 0.717) is 47.7 Å². The highest BCUT2D eigenvalue weighted by Crippen LogP contribution is 2.45. The molecular formula is C19H28ClN5O4S. The van der Waals surface area contributed by atoms with E-state index in [4.69, 9.17) is 30.5 Å². The molecule has 2 aromatic heterocycles. The van der Waals surface area contributed by atoms with Gasteiger partial charge in [0.1, 0.15) is 12.2 Å². The SMILES string of the molecule is CCCSc1nc(Cl)c2nnn([C@@H]3C[C@H](OCCOCC)[C@H]4OC(C)(C)O[C@H]43)c2n1. The standard InChI is InChI=1S/C19H28ClN5O4S/c1-5-9-30-18-21-16(20)13-17(22-18)25(24-23-13)11-10-12(27-8-7-26-6-2)15-14(11)28-19(3,4)29-15/h11-12,14-15H,5-10H2,1-4H3/t11-,12+,14+,15-/m1/s1. The van der Waals surface area contributed by atoms with E-state index >= 15 is 0 Å². The van der Waals surface area contributed by atoms with Crippen LogP contribution in [0.25, 0.3) is 11.2 Å². The van der Waals surface area contributed by atoms with Crippen molar-refractivity contribution < 1.29 is 18.9 Å². The molecule has 4 rings (SSSR count). The Kier molecular flexibility index (Phi) is 6.81. The van der Waals surface area contributed by atoms with Crippen LogP contribution < -0.4 is 0 Å². The van der Waals surface area contributed by atoms with Crippen LogP contribution >= 0.6 is 23.4 Å². The summed E-state index contributed by atoms with van der Waals surface area (Å²) in [5, 5.41) is 9.54. The first-order chi connectivity index (χ1) is 14.4. The molecule has 2 fully saturated rings. The van der Waals surface area contributed by atoms with Crippen molar-refractivity contribution in [2.75, 3.05) is 25.6 Å². The lowest BCUT2D eigenvalue weighted by atomic mass is 10.2. The monoisotopic (exact) mass is 457 g/mol. The molecular weight excluding hydrogens is 430 g/mol. The van der Waals surface area contributed by atoms with Crippen LogP contribution in [0.2, 0.25) is 5.15 Å². The molecule has 0 amide bonds. The molecule has 0 unspecified atom stereocenters. The van der Waals surface area contributed by atoms with Crippen molar-refractivity contribution in [3.8, 4) is 0 Å². The van der Waals surface area contributed by atoms with Crippen LogP contribution in [0, 0.1) is 0 Å². The van der Waals surface area contributed by atoms with Gasteiger partial charge >= 0.3 is 0 Å². The van der Waals surface area contributed by atoms with Gasteiger partial charge in [0.2, 0.25) is 0 Å². The predicted molar refractivity (Wildman–Crippen MR) is 113 cm³/mol. The minimum absolute atomic E-state index is 0.131. The number of thioether (sulfide) groups is 1. The van der Waals surface area contributed by atoms with E-state index in [9.17, 15) is 0 Å². The molecule has 1 saturated heterocycles. The molecule has 1 aliphatic heterocycles. The molecule has 0 radical (unpaired) electrons. The van der Waals surface area contributed by atoms with Crippen molar-refractivity contribution >= 4 is 34.5 Å². The molecule has 0 aromatic carbocycles. The van der Waals surface area contributed by atoms with Gasteiger partial charge < -0.3 is 18.9 Å². The summed E-state index contributed by atoms with van der Waals surface area (Å²) in [5.41, 5.74) is 1.11. The van der Waals surface area contributed by atoms with Crippen LogP contribution in [-0.2, 0) is 18.9 Å². The average Bonchev–Trinajstić information content (AvgIpc) is 3.35. The highest BCUT2D eigenvalue weighted by atomic mass is 35.5. The fourth-order valence-corrected chi connectivity index (χ4v) is 4.92. The summed E-state index contributed by atoms with van der Waals surface area (Å²) < 4.78 is 25.7. The Hall–Kier alpha value is -1.04. The maximum absolute atomic E-state index is 6.37. The van der Waals surface area contributed by atoms with E-state index in [0.717, 1.165) is 12.2 Å². The second kappa shape index (κ2) is 9.22. The Morgan fingerprint density at radius 3 is 2.77 bits per heavy atom. The van der Waals surface area contributed by atoms with E-state index in [1.807, 2.05) is 20.8 Å². The largest absolute Gasteiger partial charge is 0.379 e. The Labute approximate surface area is 185 Å². The van der Waals surface area contributed by atoms with Crippen LogP contribution in [0.1, 0.15) is 46.6 Å². The topological polar surface area (TPSA) is 93.4 Å². The van der Waals surface area contributed by atoms with E-state index in [1.54, 1.807) is 16.4 Å². The van der Waals surface area contributed by atoms with Crippen molar-refractivity contribution in [3.63, 3.8) is 0 Å². The van der Waals surface area contributed by atoms with Gasteiger partial charge in [-0.2, -0.15) is 0 Å². The summed E-state index contributed by atoms with van der Waals surface area (Å²) in [7, 11) is 0. The summed E-state index contributed by atoms with van der Waals surface area (Å²) in [5.74, 6) is 0.221. The molecule has 4 atom stereocenters. The Morgan fingerprint density at radius 1 is 1.20 bits per heavy atom. The number of aromatic nitrogens is 5. The van der Waals surface area contributed by atoms with Crippen molar-refractivity contribution in [1.29, 1.82) is 0 Å². The van der Waals surface area contributed by atoms with Gasteiger partial charge in [-0.25, -0.2) is 14.6 Å². The van der Waals surface area contributed by atoms with Gasteiger partial charge in [-0.1, -0.05) is 35.5 Å². The summed E-state index contributed by atoms with van der Waals surface area (Å²) in [6, 6.07) is -0.131. The molecule has 2 aromatic rings. The number of rotatable bonds is 9. The van der Waals surface area contributed by atoms with Crippen LogP contribution in [0.3, 0.4) is 0 Å². The summed E-state index contributed by atoms with van der Waals surface area (Å²) in [4.78, 5) is 9.04. The van der Waals surface area contributed by atoms with Gasteiger partial charge in [-0.3, -0.25) is 0 Å². The number of hydrogen-bond donors (Lipinski definition) is 0. The highest BCUT2D eigenvalue weighted by Gasteiger charge is 2.56. The lowest BCUT2D eigenvalue weighted by Gasteiger charge is -2.23. The second-order valence-corrected chi connectivity index (χ2v) is 9.25. The fourth-order valence-electron chi connectivity index (χ4n) is 3.97. The van der Waals surface area contributed by atoms with Gasteiger partial charge in [-0.05, 0) is 27.2 Å². The summed E-state index contributed by atoms with van der Waals surface area (Å²) in [6.45, 7) is 9.62. The van der Waals surface area contributed by atoms with Crippen LogP contribution in [0.4, 0.5) is 0 Å². The highest BCUT2D eigenvalue weighted by molar-refractivity contribution is 7.99. The van der Waals surface area contributed by atoms with E-state index in [1.165, 1.54) is 0 Å². The molecule has 1 saturated carbocycles. The summed E-state index contributed by atoms with van der Waals surface area (Å²) >= 11 is 7.94. The van der Waals surface area contributed by atoms with Gasteiger partial charge in [0.05, 0.1) is 25.4 Å². The number of halogens is 1. The normalized spacial score (nSPS) is 27.8. The van der Waals surface area contributed by atoms with E-state index < -0.39 is 5.79 Å². The first-order valence-electron chi connectivity index (χ1n) is 10.4. The lowest BCUT2D eigenvalue weighted by Crippen LogP contribution is -2.31. The van der Waals surface area contributed by atoms with Gasteiger partial charge in [-0.15, -0.1) is 5.10 Å². The second-order valence-electron chi connectivity index (χ2n) is 7.83. The predicted octanol–water partition coefficient (Wildman–Crippen LogP) is 3.26. The van der Waals surface area contributed by atoms with Gasteiger partial charge in [0.15, 0.2) is 27.3 Å². The fraction of sp³-hybridized carbons (Fsp3) is 0.789. The zero-order valence-corrected chi connectivity index (χ0v) is 19.3. The van der Waals surface area contributed by atoms with Crippen molar-refractivity contribution in [2.24, 2.45) is 0 Å². The molecule has 11 heteroatoms. The van der Waals surface area contributed by atoms with Crippen molar-refractivity contribution in [2.45, 2.75) is 75.8 Å². The van der Waals surface area contributed by atoms with Crippen LogP contribution in [0.15, 0.2) is 5.16 Å². The third-order valence-corrected chi connectivity index (χ3v) is 6.47. The molecule has 166 valence electrons. The maximum atomic E-state index is 6.37. The van der Waals surface area contributed by atoms with Gasteiger partial charge in [0.25, 0.3) is 0 Å². The molecule has 0 bridgehead atoms. The third kappa shape index (κ3) is 4.44. The lowest BCUT2D eigenvalue weighted by molar-refractivity contribution is -0.171. The number of ether oxygens (including phenoxy) is 4. The molecule has 1 aliphatic carbocycles. The molecule has 30 heavy (non-hydrogen) atoms. The summed E-state index contributed by atoms with van der Waals surface area (Å²) in [6.07, 6.45) is 1.15. The van der Waals surface area contributed by atoms with Crippen molar-refractivity contribution in [1.82, 2.24) is 25.0 Å². The number of nitrogens with zero attached hydrogens (tertiary/aromatic N) is 5. The Balaban J connectivity index is 1.62. The zero-order valence-electron chi connectivity index (χ0n) is 17.7. The molecule has 0 spiro atoms. The third-order valence-electron chi connectivity index (χ3n) is 5.16. The first kappa shape index (κ1) is 22.2. The first-order valence-corrected chi connectivity index (χ1v) is 11.8. The average molecular weight is 458 g/mol. The number of hydrogen-bond acceptors (Lipinski definition) is 9. The quantitative estimate of drug-likeness (QED) is 0.243. The Morgan fingerprint density at radius 2 is 2.00 bits per heavy atom. The van der Waals surface area contributed by atoms with Crippen molar-refractivity contribution in [3.05, 3.63) is 5.15 Å². The van der Waals surface area contributed by atoms with Gasteiger partial charge in [0, 0.05) is 18.8 Å². The molecule has 0 N–H and O–H groups in total. The molecule has 3 heterocycles. The number of fused-ring (bicyclic) bond motifs is 2. The van der Waals surface area contributed by atoms with Crippen LogP contribution in [-0.4, -0.2) is 74.6 Å². The maximum Gasteiger partial charge on any atom is 0.191 e. The Bertz CT molecular complexity index is 882. The minimum Gasteiger partial charge on any atom is -0.379 e. The smallest absolute Gasteiger partial charge is 0.191 e. The van der Waals surface area contributed by atoms with E-state index in [-0.39, 0.29) is 24.4 Å². The van der Waals surface area contributed by atoms with E-state index in [2.05, 4.69) is 27.2 Å². The molecule has 9 nitrogen and oxygen atoms in total. The zero-order chi connectivity index (χ0) is 21.3. The van der Waals surface area contributed by atoms with Crippen LogP contribution in [0.5, 0.6) is 0 Å². The minimum atomic E-state index is -0.694. The molecule has 2 aliphatic rings.